The number of hydrogen-bond acceptors (Lipinski definition) is 11. The average molecular weight is 1180 g/mol. The number of fused-ring (bicyclic) bond motifs is 19. The first-order valence-electron chi connectivity index (χ1n) is 32.4. The number of aliphatic hydroxyl groups excluding tert-OH is 3. The van der Waals surface area contributed by atoms with E-state index in [0.717, 1.165) is 36.0 Å². The highest BCUT2D eigenvalue weighted by atomic mass is 16.6. The van der Waals surface area contributed by atoms with Crippen LogP contribution in [0.25, 0.3) is 23.1 Å². The zero-order valence-corrected chi connectivity index (χ0v) is 50.3. The lowest BCUT2D eigenvalue weighted by Gasteiger charge is -2.55. The van der Waals surface area contributed by atoms with Gasteiger partial charge in [-0.15, -0.1) is 0 Å². The first kappa shape index (κ1) is 57.1. The van der Waals surface area contributed by atoms with Crippen LogP contribution in [0.5, 0.6) is 5.75 Å². The number of hydrogen-bond donors (Lipinski definition) is 3. The molecule has 0 saturated heterocycles. The molecule has 2 spiro atoms. The molecular formula is C77H78O11. The molecule has 14 atom stereocenters. The lowest BCUT2D eigenvalue weighted by molar-refractivity contribution is -0.205. The average Bonchev–Trinajstić information content (AvgIpc) is 0.986. The number of carbonyl (C=O) groups is 2. The summed E-state index contributed by atoms with van der Waals surface area (Å²) in [5.41, 5.74) is 10.9. The quantitative estimate of drug-likeness (QED) is 0.0576. The summed E-state index contributed by atoms with van der Waals surface area (Å²) in [7, 11) is 1.52. The normalized spacial score (nSPS) is 31.5. The standard InChI is InChI=1S/C77H78O11/c1-44(41-79)54-29-21-45-19-22-47(23-20-45)55-30-26-49(57-15-8-18-65-60(57)32-28-53-13-7-12-52-27-24-48-11-4-6-17-64(48)77(52,53)65)38-51(55)39-68(81)85-72-70-67(34-33-61-63(42-80)69(75(83)86-71(61)70)50(35-37-78)43-84-2)88-76(73(72)87-74(54)82)36-9-16-59-58-31-25-46-10-3-5-14-56(46)62(58)40-66(59)76/h3-6,8-11,14-20,22-27,30-31,33-34,49-53,55,58-59,62,66,72-73,78-80H,7,12-13,21,28-29,32,35-43H2,1-2H3. The second kappa shape index (κ2) is 22.9. The van der Waals surface area contributed by atoms with Crippen molar-refractivity contribution in [1.29, 1.82) is 0 Å². The van der Waals surface area contributed by atoms with Gasteiger partial charge in [-0.2, -0.15) is 0 Å². The van der Waals surface area contributed by atoms with E-state index in [-0.39, 0.29) is 103 Å². The van der Waals surface area contributed by atoms with E-state index in [0.29, 0.717) is 65.4 Å². The number of ether oxygens (including phenoxy) is 4. The Morgan fingerprint density at radius 1 is 0.761 bits per heavy atom. The molecule has 2 bridgehead atoms. The molecule has 3 N–H and O–H groups in total. The van der Waals surface area contributed by atoms with Crippen LogP contribution in [0.3, 0.4) is 0 Å². The number of aryl methyl sites for hydroxylation is 1. The molecule has 11 heteroatoms. The van der Waals surface area contributed by atoms with Crippen LogP contribution in [0, 0.1) is 35.5 Å². The third kappa shape index (κ3) is 9.05. The van der Waals surface area contributed by atoms with Gasteiger partial charge in [-0.1, -0.05) is 146 Å². The second-order valence-corrected chi connectivity index (χ2v) is 26.8. The van der Waals surface area contributed by atoms with Gasteiger partial charge in [-0.25, -0.2) is 9.59 Å². The Balaban J connectivity index is 0.885. The van der Waals surface area contributed by atoms with Crippen LogP contribution in [0.4, 0.5) is 0 Å². The van der Waals surface area contributed by atoms with Gasteiger partial charge in [0.2, 0.25) is 0 Å². The van der Waals surface area contributed by atoms with Crippen molar-refractivity contribution in [2.24, 2.45) is 35.5 Å². The maximum atomic E-state index is 16.0. The molecule has 6 aromatic rings. The molecule has 2 saturated carbocycles. The lowest BCUT2D eigenvalue weighted by atomic mass is 9.48. The van der Waals surface area contributed by atoms with E-state index in [1.54, 1.807) is 13.0 Å². The SMILES string of the molecule is COCC(CCO)c1c(CO)c2ccc3c(c2oc1=O)C1OC(=O)CC2CC(c4cccc5c4CCC4CCCC6C=Cc7ccccc7C564)C=CC2c2ccc(cc2)CCC(=C(C)CO)C(=O)OC1C1(CC=CC2C4C=Cc5ccccc5C4CC21)O3. The number of methoxy groups -OCH3 is 1. The summed E-state index contributed by atoms with van der Waals surface area (Å²) < 4.78 is 34.1. The molecule has 7 aliphatic carbocycles. The highest BCUT2D eigenvalue weighted by Gasteiger charge is 2.65. The van der Waals surface area contributed by atoms with Crippen LogP contribution >= 0.6 is 0 Å². The molecule has 11 nitrogen and oxygen atoms in total. The van der Waals surface area contributed by atoms with Gasteiger partial charge in [-0.3, -0.25) is 4.79 Å². The van der Waals surface area contributed by atoms with Gasteiger partial charge in [0.15, 0.2) is 17.8 Å². The van der Waals surface area contributed by atoms with Gasteiger partial charge >= 0.3 is 17.6 Å². The molecule has 4 heterocycles. The highest BCUT2D eigenvalue weighted by molar-refractivity contribution is 5.91. The summed E-state index contributed by atoms with van der Waals surface area (Å²) in [6.45, 7) is 0.667. The second-order valence-electron chi connectivity index (χ2n) is 26.8. The van der Waals surface area contributed by atoms with E-state index >= 15 is 9.59 Å². The van der Waals surface area contributed by atoms with Gasteiger partial charge < -0.3 is 38.7 Å². The van der Waals surface area contributed by atoms with Crippen LogP contribution in [0.15, 0.2) is 160 Å². The number of carbonyl (C=O) groups excluding carboxylic acids is 2. The molecule has 1 aromatic heterocycles. The fourth-order valence-corrected chi connectivity index (χ4v) is 18.9. The Hall–Kier alpha value is -7.41. The highest BCUT2D eigenvalue weighted by Crippen LogP contribution is 2.64. The van der Waals surface area contributed by atoms with E-state index in [9.17, 15) is 20.1 Å². The number of benzene rings is 5. The Labute approximate surface area is 514 Å². The summed E-state index contributed by atoms with van der Waals surface area (Å²) >= 11 is 0. The number of esters is 2. The molecule has 16 rings (SSSR count). The van der Waals surface area contributed by atoms with E-state index in [1.165, 1.54) is 53.3 Å². The van der Waals surface area contributed by atoms with Crippen molar-refractivity contribution < 1.29 is 48.3 Å². The van der Waals surface area contributed by atoms with Gasteiger partial charge in [0.25, 0.3) is 0 Å². The Morgan fingerprint density at radius 2 is 1.57 bits per heavy atom. The van der Waals surface area contributed by atoms with Crippen LogP contribution in [-0.2, 0) is 48.7 Å². The molecule has 452 valence electrons. The molecule has 0 amide bonds. The Bertz CT molecular complexity index is 3970. The van der Waals surface area contributed by atoms with Crippen molar-refractivity contribution in [3.63, 3.8) is 0 Å². The lowest BCUT2D eigenvalue weighted by Crippen LogP contribution is -2.61. The molecule has 88 heavy (non-hydrogen) atoms. The van der Waals surface area contributed by atoms with Crippen molar-refractivity contribution in [1.82, 2.24) is 0 Å². The summed E-state index contributed by atoms with van der Waals surface area (Å²) in [4.78, 5) is 46.4. The Kier molecular flexibility index (Phi) is 14.8. The topological polar surface area (TPSA) is 162 Å². The summed E-state index contributed by atoms with van der Waals surface area (Å²) in [5.74, 6) is -0.980. The van der Waals surface area contributed by atoms with Gasteiger partial charge in [0.1, 0.15) is 11.3 Å². The third-order valence-corrected chi connectivity index (χ3v) is 22.7. The summed E-state index contributed by atoms with van der Waals surface area (Å²) in [6, 6.07) is 36.8. The minimum Gasteiger partial charge on any atom is -0.482 e. The van der Waals surface area contributed by atoms with E-state index in [2.05, 4.69) is 140 Å². The van der Waals surface area contributed by atoms with E-state index < -0.39 is 47.9 Å². The monoisotopic (exact) mass is 1180 g/mol. The van der Waals surface area contributed by atoms with Crippen molar-refractivity contribution in [2.45, 2.75) is 137 Å². The molecule has 0 radical (unpaired) electrons. The molecule has 14 unspecified atom stereocenters. The zero-order chi connectivity index (χ0) is 60.0. The first-order valence-corrected chi connectivity index (χ1v) is 32.4. The Morgan fingerprint density at radius 3 is 2.40 bits per heavy atom. The largest absolute Gasteiger partial charge is 0.482 e. The maximum absolute atomic E-state index is 16.0. The van der Waals surface area contributed by atoms with Crippen LogP contribution in [0.1, 0.15) is 168 Å². The molecule has 3 aliphatic heterocycles. The van der Waals surface area contributed by atoms with Crippen LogP contribution < -0.4 is 10.4 Å². The molecule has 5 aromatic carbocycles. The minimum atomic E-state index is -1.38. The minimum absolute atomic E-state index is 0.00659. The van der Waals surface area contributed by atoms with Gasteiger partial charge in [-0.05, 0) is 174 Å². The summed E-state index contributed by atoms with van der Waals surface area (Å²) in [5, 5.41) is 32.8. The third-order valence-electron chi connectivity index (χ3n) is 22.7. The van der Waals surface area contributed by atoms with Crippen molar-refractivity contribution in [3.8, 4) is 5.75 Å². The summed E-state index contributed by atoms with van der Waals surface area (Å²) in [6.07, 6.45) is 24.2. The van der Waals surface area contributed by atoms with Gasteiger partial charge in [0, 0.05) is 72.2 Å². The number of allylic oxidation sites excluding steroid dienone is 5. The van der Waals surface area contributed by atoms with E-state index in [4.69, 9.17) is 23.4 Å². The van der Waals surface area contributed by atoms with Crippen LogP contribution in [0.2, 0.25) is 0 Å². The smallest absolute Gasteiger partial charge is 0.340 e. The van der Waals surface area contributed by atoms with Gasteiger partial charge in [0.05, 0.1) is 25.4 Å². The fraction of sp³-hybridized carbons (Fsp3) is 0.416. The molecule has 2 fully saturated rings. The van der Waals surface area contributed by atoms with Crippen molar-refractivity contribution in [3.05, 3.63) is 228 Å². The number of rotatable bonds is 8. The van der Waals surface area contributed by atoms with Crippen molar-refractivity contribution in [2.75, 3.05) is 26.9 Å². The number of aliphatic hydroxyl groups is 3. The van der Waals surface area contributed by atoms with E-state index in [1.807, 2.05) is 6.07 Å². The molecule has 10 aliphatic rings. The predicted molar refractivity (Wildman–Crippen MR) is 338 cm³/mol. The van der Waals surface area contributed by atoms with Crippen molar-refractivity contribution >= 4 is 35.1 Å². The zero-order valence-electron chi connectivity index (χ0n) is 50.3. The predicted octanol–water partition coefficient (Wildman–Crippen LogP) is 13.5. The fourth-order valence-electron chi connectivity index (χ4n) is 18.9. The molecular weight excluding hydrogens is 1100 g/mol. The van der Waals surface area contributed by atoms with Crippen LogP contribution in [-0.4, -0.2) is 65.9 Å². The maximum Gasteiger partial charge on any atom is 0.340 e. The first-order chi connectivity index (χ1) is 43.1.